The quantitative estimate of drug-likeness (QED) is 0.407. The number of methoxy groups -OCH3 is 1. The molecule has 3 aromatic rings. The highest BCUT2D eigenvalue weighted by atomic mass is 19.4. The molecule has 1 aromatic heterocycles. The molecule has 1 spiro atoms. The molecule has 2 N–H and O–H groups in total. The Morgan fingerprint density at radius 3 is 2.62 bits per heavy atom. The minimum Gasteiger partial charge on any atom is -0.495 e. The first kappa shape index (κ1) is 28.2. The van der Waals surface area contributed by atoms with E-state index in [1.54, 1.807) is 29.3 Å². The SMILES string of the molecule is COc1cc(C(=O)NC2CCN(C)CC2)ccc1Nc1ncc(C(F)(F)F)c(Cc2cccc3c2ON(C)C32CC2)n1. The Kier molecular flexibility index (Phi) is 7.22. The van der Waals surface area contributed by atoms with Crippen LogP contribution in [0.2, 0.25) is 0 Å². The van der Waals surface area contributed by atoms with E-state index in [1.165, 1.54) is 7.11 Å². The summed E-state index contributed by atoms with van der Waals surface area (Å²) >= 11 is 0. The van der Waals surface area contributed by atoms with Crippen LogP contribution >= 0.6 is 0 Å². The molecule has 1 aliphatic carbocycles. The van der Waals surface area contributed by atoms with Crippen LogP contribution in [0.5, 0.6) is 11.5 Å². The average molecular weight is 583 g/mol. The third-order valence-electron chi connectivity index (χ3n) is 8.45. The first-order valence-electron chi connectivity index (χ1n) is 14.0. The fourth-order valence-electron chi connectivity index (χ4n) is 5.80. The van der Waals surface area contributed by atoms with Crippen molar-refractivity contribution < 1.29 is 27.5 Å². The summed E-state index contributed by atoms with van der Waals surface area (Å²) in [4.78, 5) is 29.3. The number of benzene rings is 2. The lowest BCUT2D eigenvalue weighted by Crippen LogP contribution is -2.43. The van der Waals surface area contributed by atoms with Gasteiger partial charge in [0.1, 0.15) is 5.75 Å². The number of halogens is 3. The monoisotopic (exact) mass is 582 g/mol. The number of alkyl halides is 3. The molecule has 2 aromatic carbocycles. The smallest absolute Gasteiger partial charge is 0.419 e. The molecule has 1 amide bonds. The van der Waals surface area contributed by atoms with E-state index >= 15 is 0 Å². The van der Waals surface area contributed by atoms with Gasteiger partial charge >= 0.3 is 6.18 Å². The third kappa shape index (κ3) is 5.36. The first-order valence-corrected chi connectivity index (χ1v) is 14.0. The summed E-state index contributed by atoms with van der Waals surface area (Å²) in [5, 5.41) is 7.84. The lowest BCUT2D eigenvalue weighted by atomic mass is 9.98. The third-order valence-corrected chi connectivity index (χ3v) is 8.45. The molecule has 3 heterocycles. The van der Waals surface area contributed by atoms with Gasteiger partial charge < -0.3 is 25.1 Å². The van der Waals surface area contributed by atoms with Gasteiger partial charge in [0.05, 0.1) is 29.6 Å². The molecule has 2 aliphatic heterocycles. The Balaban J connectivity index is 1.24. The number of carbonyl (C=O) groups is 1. The molecule has 12 heteroatoms. The predicted octanol–water partition coefficient (Wildman–Crippen LogP) is 4.89. The van der Waals surface area contributed by atoms with Gasteiger partial charge in [0.25, 0.3) is 5.91 Å². The summed E-state index contributed by atoms with van der Waals surface area (Å²) in [7, 11) is 5.36. The van der Waals surface area contributed by atoms with Crippen molar-refractivity contribution in [3.63, 3.8) is 0 Å². The number of para-hydroxylation sites is 1. The van der Waals surface area contributed by atoms with Crippen LogP contribution in [-0.4, -0.2) is 66.2 Å². The van der Waals surface area contributed by atoms with Gasteiger partial charge in [-0.25, -0.2) is 9.97 Å². The number of aromatic nitrogens is 2. The van der Waals surface area contributed by atoms with E-state index in [9.17, 15) is 18.0 Å². The Morgan fingerprint density at radius 1 is 1.17 bits per heavy atom. The van der Waals surface area contributed by atoms with Crippen LogP contribution < -0.4 is 20.2 Å². The van der Waals surface area contributed by atoms with Crippen molar-refractivity contribution >= 4 is 17.5 Å². The number of hydrogen-bond acceptors (Lipinski definition) is 8. The van der Waals surface area contributed by atoms with Crippen molar-refractivity contribution in [2.75, 3.05) is 39.6 Å². The summed E-state index contributed by atoms with van der Waals surface area (Å²) in [6.45, 7) is 1.84. The molecule has 9 nitrogen and oxygen atoms in total. The number of ether oxygens (including phenoxy) is 1. The number of hydrogen-bond donors (Lipinski definition) is 2. The minimum atomic E-state index is -4.64. The van der Waals surface area contributed by atoms with Crippen molar-refractivity contribution in [1.82, 2.24) is 25.2 Å². The standard InChI is InChI=1S/C30H33F3N6O3/c1-38-13-9-20(10-14-38)35-27(40)19-7-8-23(25(16-19)41-3)36-28-34-17-22(30(31,32)33)24(37-28)15-18-5-4-6-21-26(18)42-39(2)29(21)11-12-29/h4-8,16-17,20H,9-15H2,1-3H3,(H,35,40)(H,34,36,37). The van der Waals surface area contributed by atoms with Gasteiger partial charge in [-0.2, -0.15) is 13.2 Å². The van der Waals surface area contributed by atoms with Gasteiger partial charge in [0.15, 0.2) is 5.75 Å². The molecular formula is C30H33F3N6O3. The summed E-state index contributed by atoms with van der Waals surface area (Å²) in [6.07, 6.45) is -0.303. The number of fused-ring (bicyclic) bond motifs is 2. The van der Waals surface area contributed by atoms with Crippen LogP contribution in [0.1, 0.15) is 58.4 Å². The second-order valence-electron chi connectivity index (χ2n) is 11.2. The first-order chi connectivity index (χ1) is 20.1. The Bertz CT molecular complexity index is 1500. The lowest BCUT2D eigenvalue weighted by molar-refractivity contribution is -0.138. The van der Waals surface area contributed by atoms with Gasteiger partial charge in [-0.05, 0) is 64.0 Å². The number of piperidine rings is 1. The van der Waals surface area contributed by atoms with E-state index in [4.69, 9.17) is 9.57 Å². The normalized spacial score (nSPS) is 18.4. The number of carbonyl (C=O) groups excluding carboxylic acids is 1. The zero-order valence-corrected chi connectivity index (χ0v) is 23.7. The zero-order chi connectivity index (χ0) is 29.6. The zero-order valence-electron chi connectivity index (χ0n) is 23.7. The van der Waals surface area contributed by atoms with Gasteiger partial charge in [0, 0.05) is 42.4 Å². The summed E-state index contributed by atoms with van der Waals surface area (Å²) < 4.78 is 47.5. The highest BCUT2D eigenvalue weighted by molar-refractivity contribution is 5.95. The van der Waals surface area contributed by atoms with Crippen molar-refractivity contribution in [3.8, 4) is 11.5 Å². The van der Waals surface area contributed by atoms with E-state index < -0.39 is 11.7 Å². The number of rotatable bonds is 7. The molecule has 0 unspecified atom stereocenters. The van der Waals surface area contributed by atoms with Crippen LogP contribution in [0.4, 0.5) is 24.8 Å². The Labute approximate surface area is 242 Å². The van der Waals surface area contributed by atoms with Crippen molar-refractivity contribution in [1.29, 1.82) is 0 Å². The van der Waals surface area contributed by atoms with Gasteiger partial charge in [-0.1, -0.05) is 18.2 Å². The minimum absolute atomic E-state index is 0.0240. The van der Waals surface area contributed by atoms with Crippen LogP contribution in [0.3, 0.4) is 0 Å². The van der Waals surface area contributed by atoms with Gasteiger partial charge in [-0.15, -0.1) is 5.06 Å². The van der Waals surface area contributed by atoms with Crippen LogP contribution in [0.15, 0.2) is 42.6 Å². The molecule has 0 bridgehead atoms. The summed E-state index contributed by atoms with van der Waals surface area (Å²) in [6, 6.07) is 10.5. The molecule has 42 heavy (non-hydrogen) atoms. The Hall–Kier alpha value is -3.90. The van der Waals surface area contributed by atoms with E-state index in [0.29, 0.717) is 28.3 Å². The van der Waals surface area contributed by atoms with Gasteiger partial charge in [-0.3, -0.25) is 4.79 Å². The van der Waals surface area contributed by atoms with E-state index in [1.807, 2.05) is 19.2 Å². The number of likely N-dealkylation sites (tertiary alicyclic amines) is 1. The molecule has 0 radical (unpaired) electrons. The maximum absolute atomic E-state index is 14.0. The highest BCUT2D eigenvalue weighted by Gasteiger charge is 2.55. The van der Waals surface area contributed by atoms with Crippen LogP contribution in [-0.2, 0) is 18.1 Å². The van der Waals surface area contributed by atoms with Crippen molar-refractivity contribution in [2.24, 2.45) is 0 Å². The van der Waals surface area contributed by atoms with Gasteiger partial charge in [0.2, 0.25) is 5.95 Å². The molecule has 222 valence electrons. The second-order valence-corrected chi connectivity index (χ2v) is 11.2. The van der Waals surface area contributed by atoms with Crippen LogP contribution in [0.25, 0.3) is 0 Å². The molecular weight excluding hydrogens is 549 g/mol. The topological polar surface area (TPSA) is 91.9 Å². The largest absolute Gasteiger partial charge is 0.495 e. The highest BCUT2D eigenvalue weighted by Crippen LogP contribution is 2.58. The molecule has 2 fully saturated rings. The maximum atomic E-state index is 14.0. The van der Waals surface area contributed by atoms with E-state index in [2.05, 4.69) is 32.5 Å². The Morgan fingerprint density at radius 2 is 1.93 bits per heavy atom. The molecule has 0 atom stereocenters. The van der Waals surface area contributed by atoms with Crippen molar-refractivity contribution in [3.05, 3.63) is 70.5 Å². The number of amides is 1. The number of nitrogens with zero attached hydrogens (tertiary/aromatic N) is 4. The fourth-order valence-corrected chi connectivity index (χ4v) is 5.80. The summed E-state index contributed by atoms with van der Waals surface area (Å²) in [5.41, 5.74) is 1.17. The lowest BCUT2D eigenvalue weighted by Gasteiger charge is -2.29. The predicted molar refractivity (Wildman–Crippen MR) is 150 cm³/mol. The van der Waals surface area contributed by atoms with E-state index in [-0.39, 0.29) is 35.6 Å². The maximum Gasteiger partial charge on any atom is 0.419 e. The summed E-state index contributed by atoms with van der Waals surface area (Å²) in [5.74, 6) is 0.695. The van der Waals surface area contributed by atoms with E-state index in [0.717, 1.165) is 50.5 Å². The number of anilines is 2. The van der Waals surface area contributed by atoms with Crippen LogP contribution in [0, 0.1) is 0 Å². The molecule has 1 saturated carbocycles. The number of nitrogens with one attached hydrogen (secondary N) is 2. The van der Waals surface area contributed by atoms with Crippen molar-refractivity contribution in [2.45, 2.75) is 49.9 Å². The second kappa shape index (κ2) is 10.7. The average Bonchev–Trinajstić information content (AvgIpc) is 3.71. The molecule has 6 rings (SSSR count). The number of hydroxylamine groups is 2. The molecule has 1 saturated heterocycles. The fraction of sp³-hybridized carbons (Fsp3) is 0.433. The molecule has 3 aliphatic rings.